The third-order valence-electron chi connectivity index (χ3n) is 1.85. The van der Waals surface area contributed by atoms with Crippen molar-refractivity contribution in [3.63, 3.8) is 0 Å². The van der Waals surface area contributed by atoms with Crippen LogP contribution in [0.4, 0.5) is 0 Å². The van der Waals surface area contributed by atoms with Gasteiger partial charge in [-0.1, -0.05) is 0 Å². The first-order chi connectivity index (χ1) is 6.53. The van der Waals surface area contributed by atoms with E-state index in [0.717, 1.165) is 18.8 Å². The number of carbonyl (C=O) groups is 1. The van der Waals surface area contributed by atoms with Gasteiger partial charge in [-0.3, -0.25) is 4.79 Å². The van der Waals surface area contributed by atoms with E-state index in [1.54, 1.807) is 18.7 Å². The third-order valence-corrected chi connectivity index (χ3v) is 3.33. The van der Waals surface area contributed by atoms with Gasteiger partial charge in [0.05, 0.1) is 6.61 Å². The molecule has 1 aliphatic heterocycles. The summed E-state index contributed by atoms with van der Waals surface area (Å²) in [5.41, 5.74) is 0. The third kappa shape index (κ3) is 3.67. The van der Waals surface area contributed by atoms with Gasteiger partial charge >= 0.3 is 5.97 Å². The van der Waals surface area contributed by atoms with E-state index < -0.39 is 10.3 Å². The standard InChI is InChI=1S/C9H15ClO3S/c1-7(10)8(11)13-9(2)6-12-4-3-5-14-9/h7H,3-6H2,1-2H3. The summed E-state index contributed by atoms with van der Waals surface area (Å²) < 4.78 is 10.6. The summed E-state index contributed by atoms with van der Waals surface area (Å²) in [6, 6.07) is 0. The van der Waals surface area contributed by atoms with Crippen LogP contribution < -0.4 is 0 Å². The zero-order valence-corrected chi connectivity index (χ0v) is 9.99. The lowest BCUT2D eigenvalue weighted by Crippen LogP contribution is -2.35. The van der Waals surface area contributed by atoms with Gasteiger partial charge in [-0.2, -0.15) is 0 Å². The molecule has 1 saturated heterocycles. The Morgan fingerprint density at radius 3 is 3.07 bits per heavy atom. The van der Waals surface area contributed by atoms with E-state index in [0.29, 0.717) is 6.61 Å². The van der Waals surface area contributed by atoms with Crippen LogP contribution in [0, 0.1) is 0 Å². The fraction of sp³-hybridized carbons (Fsp3) is 0.889. The van der Waals surface area contributed by atoms with Gasteiger partial charge in [-0.15, -0.1) is 23.4 Å². The number of alkyl halides is 1. The molecule has 0 saturated carbocycles. The Balaban J connectivity index is 2.50. The second-order valence-corrected chi connectivity index (χ2v) is 5.64. The first-order valence-electron chi connectivity index (χ1n) is 4.62. The number of hydrogen-bond donors (Lipinski definition) is 0. The van der Waals surface area contributed by atoms with Crippen LogP contribution in [0.1, 0.15) is 20.3 Å². The number of carbonyl (C=O) groups excluding carboxylic acids is 1. The molecule has 0 radical (unpaired) electrons. The second-order valence-electron chi connectivity index (χ2n) is 3.43. The molecule has 0 aromatic rings. The van der Waals surface area contributed by atoms with Crippen LogP contribution in [0.2, 0.25) is 0 Å². The van der Waals surface area contributed by atoms with Crippen molar-refractivity contribution in [2.75, 3.05) is 19.0 Å². The molecule has 82 valence electrons. The zero-order chi connectivity index (χ0) is 10.6. The largest absolute Gasteiger partial charge is 0.445 e. The summed E-state index contributed by atoms with van der Waals surface area (Å²) in [6.45, 7) is 4.64. The zero-order valence-electron chi connectivity index (χ0n) is 8.42. The topological polar surface area (TPSA) is 35.5 Å². The average Bonchev–Trinajstić information content (AvgIpc) is 2.30. The molecule has 3 nitrogen and oxygen atoms in total. The summed E-state index contributed by atoms with van der Waals surface area (Å²) >= 11 is 7.23. The summed E-state index contributed by atoms with van der Waals surface area (Å²) in [7, 11) is 0. The minimum absolute atomic E-state index is 0.382. The van der Waals surface area contributed by atoms with E-state index in [1.807, 2.05) is 6.92 Å². The monoisotopic (exact) mass is 238 g/mol. The molecular formula is C9H15ClO3S. The van der Waals surface area contributed by atoms with E-state index in [-0.39, 0.29) is 5.97 Å². The quantitative estimate of drug-likeness (QED) is 0.545. The van der Waals surface area contributed by atoms with E-state index >= 15 is 0 Å². The number of halogens is 1. The van der Waals surface area contributed by atoms with Crippen molar-refractivity contribution in [1.29, 1.82) is 0 Å². The van der Waals surface area contributed by atoms with E-state index in [9.17, 15) is 4.79 Å². The highest BCUT2D eigenvalue weighted by Crippen LogP contribution is 2.30. The highest BCUT2D eigenvalue weighted by molar-refractivity contribution is 8.00. The van der Waals surface area contributed by atoms with E-state index in [2.05, 4.69) is 0 Å². The second kappa shape index (κ2) is 5.24. The Morgan fingerprint density at radius 1 is 1.71 bits per heavy atom. The molecule has 0 N–H and O–H groups in total. The minimum Gasteiger partial charge on any atom is -0.445 e. The minimum atomic E-state index is -0.601. The van der Waals surface area contributed by atoms with Crippen molar-refractivity contribution in [3.05, 3.63) is 0 Å². The smallest absolute Gasteiger partial charge is 0.325 e. The first kappa shape index (κ1) is 12.1. The van der Waals surface area contributed by atoms with Crippen LogP contribution in [-0.4, -0.2) is 35.2 Å². The Labute approximate surface area is 93.5 Å². The van der Waals surface area contributed by atoms with Crippen LogP contribution in [-0.2, 0) is 14.3 Å². The number of hydrogen-bond acceptors (Lipinski definition) is 4. The van der Waals surface area contributed by atoms with Crippen LogP contribution >= 0.6 is 23.4 Å². The van der Waals surface area contributed by atoms with Gasteiger partial charge < -0.3 is 9.47 Å². The highest BCUT2D eigenvalue weighted by Gasteiger charge is 2.32. The van der Waals surface area contributed by atoms with Gasteiger partial charge in [0.25, 0.3) is 0 Å². The molecule has 1 heterocycles. The molecule has 0 aromatic carbocycles. The van der Waals surface area contributed by atoms with Gasteiger partial charge in [-0.05, 0) is 26.0 Å². The van der Waals surface area contributed by atoms with Gasteiger partial charge in [0, 0.05) is 6.61 Å². The molecule has 1 rings (SSSR count). The lowest BCUT2D eigenvalue weighted by Gasteiger charge is -2.27. The molecular weight excluding hydrogens is 224 g/mol. The SMILES string of the molecule is CC(Cl)C(=O)OC1(C)COCCCS1. The molecule has 0 amide bonds. The maximum atomic E-state index is 11.3. The molecule has 0 spiro atoms. The maximum absolute atomic E-state index is 11.3. The first-order valence-corrected chi connectivity index (χ1v) is 6.04. The van der Waals surface area contributed by atoms with Gasteiger partial charge in [0.15, 0.2) is 4.93 Å². The van der Waals surface area contributed by atoms with Crippen molar-refractivity contribution in [3.8, 4) is 0 Å². The van der Waals surface area contributed by atoms with Gasteiger partial charge in [-0.25, -0.2) is 0 Å². The van der Waals surface area contributed by atoms with Crippen molar-refractivity contribution >= 4 is 29.3 Å². The number of ether oxygens (including phenoxy) is 2. The van der Waals surface area contributed by atoms with Crippen molar-refractivity contribution < 1.29 is 14.3 Å². The molecule has 0 aliphatic carbocycles. The summed E-state index contributed by atoms with van der Waals surface area (Å²) in [5, 5.41) is -0.601. The predicted octanol–water partition coefficient (Wildman–Crippen LogP) is 2.03. The van der Waals surface area contributed by atoms with Crippen LogP contribution in [0.15, 0.2) is 0 Å². The Bertz CT molecular complexity index is 200. The average molecular weight is 239 g/mol. The lowest BCUT2D eigenvalue weighted by atomic mass is 10.4. The molecule has 0 bridgehead atoms. The molecule has 2 unspecified atom stereocenters. The number of rotatable bonds is 2. The van der Waals surface area contributed by atoms with Crippen molar-refractivity contribution in [2.45, 2.75) is 30.6 Å². The number of esters is 1. The molecule has 1 aliphatic rings. The maximum Gasteiger partial charge on any atom is 0.325 e. The Morgan fingerprint density at radius 2 is 2.43 bits per heavy atom. The van der Waals surface area contributed by atoms with E-state index in [4.69, 9.17) is 21.1 Å². The molecule has 2 atom stereocenters. The normalized spacial score (nSPS) is 30.5. The summed E-state index contributed by atoms with van der Waals surface area (Å²) in [5.74, 6) is 0.563. The van der Waals surface area contributed by atoms with Crippen LogP contribution in [0.3, 0.4) is 0 Å². The lowest BCUT2D eigenvalue weighted by molar-refractivity contribution is -0.152. The number of thioether (sulfide) groups is 1. The Kier molecular flexibility index (Phi) is 4.54. The predicted molar refractivity (Wildman–Crippen MR) is 57.7 cm³/mol. The Hall–Kier alpha value is 0.0700. The van der Waals surface area contributed by atoms with Crippen molar-refractivity contribution in [2.24, 2.45) is 0 Å². The highest BCUT2D eigenvalue weighted by atomic mass is 35.5. The molecule has 5 heteroatoms. The van der Waals surface area contributed by atoms with Crippen molar-refractivity contribution in [1.82, 2.24) is 0 Å². The van der Waals surface area contributed by atoms with Crippen LogP contribution in [0.25, 0.3) is 0 Å². The van der Waals surface area contributed by atoms with Gasteiger partial charge in [0.2, 0.25) is 0 Å². The summed E-state index contributed by atoms with van der Waals surface area (Å²) in [4.78, 5) is 10.7. The fourth-order valence-corrected chi connectivity index (χ4v) is 2.15. The van der Waals surface area contributed by atoms with Crippen LogP contribution in [0.5, 0.6) is 0 Å². The molecule has 1 fully saturated rings. The fourth-order valence-electron chi connectivity index (χ4n) is 1.10. The molecule has 0 aromatic heterocycles. The molecule has 14 heavy (non-hydrogen) atoms. The van der Waals surface area contributed by atoms with Gasteiger partial charge in [0.1, 0.15) is 5.38 Å². The summed E-state index contributed by atoms with van der Waals surface area (Å²) in [6.07, 6.45) is 0.994. The van der Waals surface area contributed by atoms with E-state index in [1.165, 1.54) is 0 Å².